The lowest BCUT2D eigenvalue weighted by atomic mass is 10.0. The highest BCUT2D eigenvalue weighted by Gasteiger charge is 2.18. The Morgan fingerprint density at radius 3 is 2.41 bits per heavy atom. The number of carbonyl (C=O) groups is 2. The number of amidine groups is 1. The van der Waals surface area contributed by atoms with E-state index < -0.39 is 18.1 Å². The maximum Gasteiger partial charge on any atom is 0.404 e. The minimum Gasteiger partial charge on any atom is -0.465 e. The van der Waals surface area contributed by atoms with Gasteiger partial charge in [0.25, 0.3) is 0 Å². The molecule has 0 aromatic rings. The predicted molar refractivity (Wildman–Crippen MR) is 61.6 cm³/mol. The Hall–Kier alpha value is -1.79. The molecule has 0 aliphatic rings. The number of amides is 1. The summed E-state index contributed by atoms with van der Waals surface area (Å²) in [5.74, 6) is -0.335. The highest BCUT2D eigenvalue weighted by Crippen LogP contribution is 2.08. The van der Waals surface area contributed by atoms with E-state index in [1.165, 1.54) is 6.92 Å². The van der Waals surface area contributed by atoms with Gasteiger partial charge in [0.05, 0.1) is 6.42 Å². The van der Waals surface area contributed by atoms with E-state index in [1.807, 2.05) is 13.8 Å². The fourth-order valence-electron chi connectivity index (χ4n) is 1.31. The predicted octanol–water partition coefficient (Wildman–Crippen LogP) is 1.10. The van der Waals surface area contributed by atoms with Crippen LogP contribution in [-0.4, -0.2) is 29.0 Å². The summed E-state index contributed by atoms with van der Waals surface area (Å²) in [4.78, 5) is 26.4. The third-order valence-corrected chi connectivity index (χ3v) is 1.81. The molecular formula is C10H19N3O4. The van der Waals surface area contributed by atoms with Crippen molar-refractivity contribution in [2.24, 2.45) is 5.92 Å². The lowest BCUT2D eigenvalue weighted by molar-refractivity contribution is -0.148. The van der Waals surface area contributed by atoms with Crippen LogP contribution in [0.25, 0.3) is 0 Å². The summed E-state index contributed by atoms with van der Waals surface area (Å²) in [5, 5.41) is 17.9. The van der Waals surface area contributed by atoms with Crippen LogP contribution in [0.5, 0.6) is 0 Å². The minimum absolute atomic E-state index is 0.00459. The van der Waals surface area contributed by atoms with Crippen LogP contribution < -0.4 is 10.8 Å². The average molecular weight is 245 g/mol. The molecule has 0 saturated carbocycles. The summed E-state index contributed by atoms with van der Waals surface area (Å²) in [6.07, 6.45) is -0.685. The fraction of sp³-hybridized carbons (Fsp3) is 0.700. The van der Waals surface area contributed by atoms with Crippen molar-refractivity contribution in [1.82, 2.24) is 10.8 Å². The van der Waals surface area contributed by atoms with Crippen molar-refractivity contribution in [3.8, 4) is 0 Å². The Bertz CT molecular complexity index is 291. The van der Waals surface area contributed by atoms with E-state index in [0.29, 0.717) is 6.42 Å². The number of hydrogen-bond donors (Lipinski definition) is 4. The van der Waals surface area contributed by atoms with Gasteiger partial charge in [0.1, 0.15) is 5.84 Å². The quantitative estimate of drug-likeness (QED) is 0.329. The summed E-state index contributed by atoms with van der Waals surface area (Å²) in [6, 6.07) is -0.479. The molecule has 1 amide bonds. The first-order chi connectivity index (χ1) is 7.81. The third-order valence-electron chi connectivity index (χ3n) is 1.81. The number of rotatable bonds is 5. The molecule has 0 radical (unpaired) electrons. The second-order valence-corrected chi connectivity index (χ2v) is 4.18. The van der Waals surface area contributed by atoms with E-state index in [0.717, 1.165) is 0 Å². The summed E-state index contributed by atoms with van der Waals surface area (Å²) in [7, 11) is 0. The zero-order chi connectivity index (χ0) is 13.4. The van der Waals surface area contributed by atoms with Gasteiger partial charge in [-0.2, -0.15) is 0 Å². The summed E-state index contributed by atoms with van der Waals surface area (Å²) >= 11 is 0. The lowest BCUT2D eigenvalue weighted by Crippen LogP contribution is -2.38. The van der Waals surface area contributed by atoms with Crippen LogP contribution in [0, 0.1) is 11.3 Å². The maximum absolute atomic E-state index is 11.3. The molecule has 0 rings (SSSR count). The molecule has 1 atom stereocenters. The number of nitrogens with one attached hydrogen (secondary N) is 3. The standard InChI is InChI=1S/C10H19N3O4/c1-6(2)4-8(12-10(15)16)5-9(14)17-13-7(3)11/h6,8,12H,4-5H2,1-3H3,(H2,11,13)(H,15,16). The van der Waals surface area contributed by atoms with Crippen LogP contribution in [0.1, 0.15) is 33.6 Å². The summed E-state index contributed by atoms with van der Waals surface area (Å²) < 4.78 is 0. The van der Waals surface area contributed by atoms with E-state index >= 15 is 0 Å². The van der Waals surface area contributed by atoms with E-state index in [9.17, 15) is 9.59 Å². The molecule has 0 saturated heterocycles. The van der Waals surface area contributed by atoms with Crippen molar-refractivity contribution in [2.75, 3.05) is 0 Å². The van der Waals surface area contributed by atoms with Crippen LogP contribution in [-0.2, 0) is 9.63 Å². The van der Waals surface area contributed by atoms with Gasteiger partial charge in [0.2, 0.25) is 0 Å². The number of hydroxylamine groups is 1. The van der Waals surface area contributed by atoms with Crippen molar-refractivity contribution in [2.45, 2.75) is 39.7 Å². The molecule has 0 bridgehead atoms. The normalized spacial score (nSPS) is 11.8. The van der Waals surface area contributed by atoms with E-state index in [4.69, 9.17) is 10.5 Å². The zero-order valence-corrected chi connectivity index (χ0v) is 10.2. The van der Waals surface area contributed by atoms with Gasteiger partial charge in [-0.25, -0.2) is 15.1 Å². The van der Waals surface area contributed by atoms with Gasteiger partial charge >= 0.3 is 12.1 Å². The second-order valence-electron chi connectivity index (χ2n) is 4.18. The number of carboxylic acid groups (broad SMARTS) is 1. The Morgan fingerprint density at radius 1 is 1.41 bits per heavy atom. The summed E-state index contributed by atoms with van der Waals surface area (Å²) in [5.41, 5.74) is 2.12. The van der Waals surface area contributed by atoms with Crippen molar-refractivity contribution in [3.05, 3.63) is 0 Å². The molecule has 98 valence electrons. The number of hydrogen-bond acceptors (Lipinski definition) is 4. The maximum atomic E-state index is 11.3. The van der Waals surface area contributed by atoms with Crippen LogP contribution in [0.15, 0.2) is 0 Å². The van der Waals surface area contributed by atoms with Crippen molar-refractivity contribution in [3.63, 3.8) is 0 Å². The van der Waals surface area contributed by atoms with Crippen LogP contribution in [0.3, 0.4) is 0 Å². The first kappa shape index (κ1) is 15.2. The molecule has 0 heterocycles. The monoisotopic (exact) mass is 245 g/mol. The lowest BCUT2D eigenvalue weighted by Gasteiger charge is -2.17. The van der Waals surface area contributed by atoms with E-state index in [1.54, 1.807) is 0 Å². The van der Waals surface area contributed by atoms with Crippen LogP contribution >= 0.6 is 0 Å². The van der Waals surface area contributed by atoms with Crippen LogP contribution in [0.4, 0.5) is 4.79 Å². The van der Waals surface area contributed by atoms with Gasteiger partial charge < -0.3 is 15.3 Å². The fourth-order valence-corrected chi connectivity index (χ4v) is 1.31. The molecule has 0 fully saturated rings. The highest BCUT2D eigenvalue weighted by molar-refractivity contribution is 5.78. The molecule has 17 heavy (non-hydrogen) atoms. The van der Waals surface area contributed by atoms with Gasteiger partial charge in [0.15, 0.2) is 0 Å². The topological polar surface area (TPSA) is 112 Å². The first-order valence-corrected chi connectivity index (χ1v) is 5.31. The first-order valence-electron chi connectivity index (χ1n) is 5.31. The molecule has 7 heteroatoms. The molecule has 0 aromatic carbocycles. The Morgan fingerprint density at radius 2 is 2.00 bits per heavy atom. The highest BCUT2D eigenvalue weighted by atomic mass is 16.7. The van der Waals surface area contributed by atoms with Crippen molar-refractivity contribution < 1.29 is 19.5 Å². The SMILES string of the molecule is CC(=N)NOC(=O)CC(CC(C)C)NC(=O)O. The Balaban J connectivity index is 4.16. The smallest absolute Gasteiger partial charge is 0.404 e. The number of carbonyl (C=O) groups excluding carboxylic acids is 1. The van der Waals surface area contributed by atoms with E-state index in [2.05, 4.69) is 15.6 Å². The molecule has 1 unspecified atom stereocenters. The van der Waals surface area contributed by atoms with Gasteiger partial charge in [-0.15, -0.1) is 0 Å². The van der Waals surface area contributed by atoms with Crippen molar-refractivity contribution >= 4 is 17.9 Å². The second kappa shape index (κ2) is 7.48. The minimum atomic E-state index is -1.17. The Labute approximate surface area is 100.0 Å². The molecule has 0 aliphatic carbocycles. The molecule has 0 spiro atoms. The largest absolute Gasteiger partial charge is 0.465 e. The average Bonchev–Trinajstić information content (AvgIpc) is 2.12. The zero-order valence-electron chi connectivity index (χ0n) is 10.2. The molecule has 0 aliphatic heterocycles. The molecule has 4 N–H and O–H groups in total. The van der Waals surface area contributed by atoms with Gasteiger partial charge in [0, 0.05) is 6.04 Å². The third kappa shape index (κ3) is 9.16. The summed E-state index contributed by atoms with van der Waals surface area (Å²) in [6.45, 7) is 5.29. The molecule has 7 nitrogen and oxygen atoms in total. The van der Waals surface area contributed by atoms with Gasteiger partial charge in [-0.3, -0.25) is 5.41 Å². The van der Waals surface area contributed by atoms with Crippen LogP contribution in [0.2, 0.25) is 0 Å². The molecular weight excluding hydrogens is 226 g/mol. The van der Waals surface area contributed by atoms with Crippen molar-refractivity contribution in [1.29, 1.82) is 5.41 Å². The molecule has 0 aromatic heterocycles. The van der Waals surface area contributed by atoms with Gasteiger partial charge in [-0.1, -0.05) is 13.8 Å². The Kier molecular flexibility index (Phi) is 6.69. The van der Waals surface area contributed by atoms with E-state index in [-0.39, 0.29) is 18.2 Å². The van der Waals surface area contributed by atoms with Gasteiger partial charge in [-0.05, 0) is 19.3 Å².